The Labute approximate surface area is 272 Å². The Hall–Kier alpha value is -3.45. The minimum absolute atomic E-state index is 0.0450. The molecule has 0 unspecified atom stereocenters. The van der Waals surface area contributed by atoms with E-state index in [-0.39, 0.29) is 58.2 Å². The van der Waals surface area contributed by atoms with Crippen LogP contribution in [0.2, 0.25) is 0 Å². The number of anilines is 1. The number of sulfonamides is 1. The number of aryl methyl sites for hydroxylation is 2. The summed E-state index contributed by atoms with van der Waals surface area (Å²) in [5.74, 6) is 0.0683. The molecular formula is C34H48N4O7S. The summed E-state index contributed by atoms with van der Waals surface area (Å²) in [6.45, 7) is 11.0. The van der Waals surface area contributed by atoms with E-state index in [4.69, 9.17) is 14.0 Å². The maximum atomic E-state index is 14.4. The second kappa shape index (κ2) is 15.9. The molecule has 0 bridgehead atoms. The highest BCUT2D eigenvalue weighted by Crippen LogP contribution is 2.30. The lowest BCUT2D eigenvalue weighted by Crippen LogP contribution is -2.47. The van der Waals surface area contributed by atoms with Crippen LogP contribution in [0.4, 0.5) is 5.69 Å². The van der Waals surface area contributed by atoms with Crippen LogP contribution in [-0.2, 0) is 21.3 Å². The zero-order valence-electron chi connectivity index (χ0n) is 27.7. The molecule has 12 heteroatoms. The molecule has 0 saturated carbocycles. The number of hydrogen-bond donors (Lipinski definition) is 2. The van der Waals surface area contributed by atoms with Gasteiger partial charge < -0.3 is 24.0 Å². The van der Waals surface area contributed by atoms with E-state index in [1.165, 1.54) is 18.6 Å². The number of hydrogen-bond acceptors (Lipinski definition) is 9. The van der Waals surface area contributed by atoms with Crippen LogP contribution < -0.4 is 9.46 Å². The molecule has 3 aromatic rings. The van der Waals surface area contributed by atoms with E-state index in [1.807, 2.05) is 25.1 Å². The van der Waals surface area contributed by atoms with Crippen LogP contribution in [-0.4, -0.2) is 86.0 Å². The van der Waals surface area contributed by atoms with Crippen LogP contribution in [0.1, 0.15) is 67.4 Å². The molecule has 2 heterocycles. The molecule has 0 aliphatic carbocycles. The number of carbonyl (C=O) groups excluding carboxylic acids is 1. The van der Waals surface area contributed by atoms with Gasteiger partial charge in [0.05, 0.1) is 30.4 Å². The smallest absolute Gasteiger partial charge is 0.267 e. The van der Waals surface area contributed by atoms with Gasteiger partial charge >= 0.3 is 0 Å². The molecular weight excluding hydrogens is 608 g/mol. The molecule has 0 saturated heterocycles. The minimum Gasteiger partial charge on any atom is -0.490 e. The summed E-state index contributed by atoms with van der Waals surface area (Å²) in [5, 5.41) is 14.0. The summed E-state index contributed by atoms with van der Waals surface area (Å²) in [7, 11) is -1.99. The van der Waals surface area contributed by atoms with Gasteiger partial charge in [-0.1, -0.05) is 42.4 Å². The Balaban J connectivity index is 1.66. The monoisotopic (exact) mass is 656 g/mol. The molecule has 1 aliphatic rings. The fourth-order valence-electron chi connectivity index (χ4n) is 5.78. The summed E-state index contributed by atoms with van der Waals surface area (Å²) >= 11 is 0. The molecule has 4 rings (SSSR count). The molecule has 2 aromatic carbocycles. The molecule has 0 spiro atoms. The predicted molar refractivity (Wildman–Crippen MR) is 176 cm³/mol. The molecule has 1 amide bonds. The number of ether oxygens (including phenoxy) is 2. The van der Waals surface area contributed by atoms with E-state index >= 15 is 0 Å². The van der Waals surface area contributed by atoms with E-state index in [1.54, 1.807) is 30.9 Å². The van der Waals surface area contributed by atoms with Gasteiger partial charge in [0, 0.05) is 37.8 Å². The number of rotatable bonds is 9. The first kappa shape index (κ1) is 35.4. The molecule has 0 radical (unpaired) electrons. The van der Waals surface area contributed by atoms with Gasteiger partial charge in [0.2, 0.25) is 0 Å². The second-order valence-corrected chi connectivity index (χ2v) is 14.1. The predicted octanol–water partition coefficient (Wildman–Crippen LogP) is 5.02. The van der Waals surface area contributed by atoms with Crippen LogP contribution in [0.25, 0.3) is 0 Å². The lowest BCUT2D eigenvalue weighted by Gasteiger charge is -2.36. The van der Waals surface area contributed by atoms with Crippen molar-refractivity contribution in [2.45, 2.75) is 83.6 Å². The number of likely N-dealkylation sites (N-methyl/N-ethyl adjacent to an activating group) is 1. The number of nitrogens with zero attached hydrogens (tertiary/aromatic N) is 3. The third-order valence-corrected chi connectivity index (χ3v) is 9.95. The van der Waals surface area contributed by atoms with Gasteiger partial charge in [0.1, 0.15) is 11.4 Å². The normalized spacial score (nSPS) is 20.9. The Morgan fingerprint density at radius 3 is 2.54 bits per heavy atom. The highest BCUT2D eigenvalue weighted by molar-refractivity contribution is 7.92. The van der Waals surface area contributed by atoms with Crippen molar-refractivity contribution in [2.75, 3.05) is 38.1 Å². The molecule has 2 N–H and O–H groups in total. The standard InChI is InChI=1S/C34H48N4O7S/c1-23-19-38(24(2)22-39)34(40)30-18-29(36-46(41,42)33-26(4)35-45-27(33)5)15-16-31(30)44-25(3)12-10-11-17-43-32(23)21-37(6)20-28-13-8-7-9-14-28/h7-9,13-16,18,23-25,32,36,39H,10-12,17,19-22H2,1-6H3/t23-,24+,25+,32-/m0/s1. The number of aromatic nitrogens is 1. The number of benzene rings is 2. The quantitative estimate of drug-likeness (QED) is 0.326. The summed E-state index contributed by atoms with van der Waals surface area (Å²) in [5.41, 5.74) is 1.84. The van der Waals surface area contributed by atoms with Crippen LogP contribution in [0, 0.1) is 19.8 Å². The van der Waals surface area contributed by atoms with E-state index in [0.29, 0.717) is 25.4 Å². The number of amides is 1. The zero-order chi connectivity index (χ0) is 33.4. The van der Waals surface area contributed by atoms with Gasteiger partial charge in [0.15, 0.2) is 10.7 Å². The van der Waals surface area contributed by atoms with E-state index in [0.717, 1.165) is 25.8 Å². The van der Waals surface area contributed by atoms with E-state index in [2.05, 4.69) is 40.9 Å². The number of aliphatic hydroxyl groups excluding tert-OH is 1. The van der Waals surface area contributed by atoms with Crippen molar-refractivity contribution in [3.05, 3.63) is 71.1 Å². The number of carbonyl (C=O) groups is 1. The molecule has 1 aliphatic heterocycles. The third kappa shape index (κ3) is 9.09. The molecule has 1 aromatic heterocycles. The fourth-order valence-corrected chi connectivity index (χ4v) is 7.16. The van der Waals surface area contributed by atoms with Gasteiger partial charge in [-0.25, -0.2) is 8.42 Å². The number of fused-ring (bicyclic) bond motifs is 1. The van der Waals surface area contributed by atoms with Crippen molar-refractivity contribution in [1.29, 1.82) is 0 Å². The van der Waals surface area contributed by atoms with E-state index < -0.39 is 16.1 Å². The highest BCUT2D eigenvalue weighted by atomic mass is 32.2. The van der Waals surface area contributed by atoms with E-state index in [9.17, 15) is 18.3 Å². The van der Waals surface area contributed by atoms with Crippen LogP contribution >= 0.6 is 0 Å². The van der Waals surface area contributed by atoms with Crippen molar-refractivity contribution in [1.82, 2.24) is 15.0 Å². The van der Waals surface area contributed by atoms with Crippen LogP contribution in [0.15, 0.2) is 57.9 Å². The topological polar surface area (TPSA) is 134 Å². The Kier molecular flexibility index (Phi) is 12.2. The van der Waals surface area contributed by atoms with Gasteiger partial charge in [-0.2, -0.15) is 0 Å². The molecule has 11 nitrogen and oxygen atoms in total. The average Bonchev–Trinajstić information content (AvgIpc) is 3.37. The van der Waals surface area contributed by atoms with Crippen molar-refractivity contribution >= 4 is 21.6 Å². The number of aliphatic hydroxyl groups is 1. The van der Waals surface area contributed by atoms with Crippen molar-refractivity contribution in [2.24, 2.45) is 5.92 Å². The first-order valence-corrected chi connectivity index (χ1v) is 17.4. The Morgan fingerprint density at radius 1 is 1.13 bits per heavy atom. The molecule has 252 valence electrons. The summed E-state index contributed by atoms with van der Waals surface area (Å²) in [4.78, 5) is 18.2. The van der Waals surface area contributed by atoms with Crippen LogP contribution in [0.3, 0.4) is 0 Å². The summed E-state index contributed by atoms with van der Waals surface area (Å²) in [6, 6.07) is 14.4. The fraction of sp³-hybridized carbons (Fsp3) is 0.529. The Morgan fingerprint density at radius 2 is 1.87 bits per heavy atom. The SMILES string of the molecule is Cc1noc(C)c1S(=O)(=O)Nc1ccc2c(c1)C(=O)N([C@H](C)CO)C[C@H](C)[C@H](CN(C)Cc1ccccc1)OCCCC[C@@H](C)O2. The van der Waals surface area contributed by atoms with Crippen molar-refractivity contribution < 1.29 is 32.3 Å². The summed E-state index contributed by atoms with van der Waals surface area (Å²) < 4.78 is 47.0. The molecule has 46 heavy (non-hydrogen) atoms. The molecule has 4 atom stereocenters. The summed E-state index contributed by atoms with van der Waals surface area (Å²) in [6.07, 6.45) is 2.13. The Bertz CT molecular complexity index is 1530. The van der Waals surface area contributed by atoms with Gasteiger partial charge in [0.25, 0.3) is 15.9 Å². The first-order valence-electron chi connectivity index (χ1n) is 15.9. The van der Waals surface area contributed by atoms with Gasteiger partial charge in [-0.15, -0.1) is 0 Å². The lowest BCUT2D eigenvalue weighted by molar-refractivity contribution is -0.0177. The van der Waals surface area contributed by atoms with Crippen molar-refractivity contribution in [3.8, 4) is 5.75 Å². The number of nitrogens with one attached hydrogen (secondary N) is 1. The molecule has 0 fully saturated rings. The van der Waals surface area contributed by atoms with Crippen LogP contribution in [0.5, 0.6) is 5.75 Å². The maximum Gasteiger partial charge on any atom is 0.267 e. The lowest BCUT2D eigenvalue weighted by atomic mass is 10.0. The second-order valence-electron chi connectivity index (χ2n) is 12.5. The first-order chi connectivity index (χ1) is 21.9. The maximum absolute atomic E-state index is 14.4. The average molecular weight is 657 g/mol. The minimum atomic E-state index is -4.05. The largest absolute Gasteiger partial charge is 0.490 e. The van der Waals surface area contributed by atoms with Crippen molar-refractivity contribution in [3.63, 3.8) is 0 Å². The van der Waals surface area contributed by atoms with Gasteiger partial charge in [-0.3, -0.25) is 14.4 Å². The third-order valence-electron chi connectivity index (χ3n) is 8.33. The zero-order valence-corrected chi connectivity index (χ0v) is 28.5. The van der Waals surface area contributed by atoms with Gasteiger partial charge in [-0.05, 0) is 77.8 Å². The highest BCUT2D eigenvalue weighted by Gasteiger charge is 2.31.